The van der Waals surface area contributed by atoms with Crippen molar-refractivity contribution in [2.75, 3.05) is 0 Å². The number of ether oxygens (including phenoxy) is 1. The number of benzene rings is 3. The molecule has 3 aromatic rings. The molecule has 0 aromatic heterocycles. The third-order valence-electron chi connectivity index (χ3n) is 5.00. The summed E-state index contributed by atoms with van der Waals surface area (Å²) in [5.74, 6) is -0.182. The first-order valence-electron chi connectivity index (χ1n) is 9.15. The Kier molecular flexibility index (Phi) is 10.4. The molecule has 1 heterocycles. The molecule has 0 aliphatic carbocycles. The van der Waals surface area contributed by atoms with Gasteiger partial charge in [0.2, 0.25) is 0 Å². The van der Waals surface area contributed by atoms with Crippen LogP contribution in [0, 0.1) is 13.8 Å². The number of hydrogen-bond donors (Lipinski definition) is 5. The Bertz CT molecular complexity index is 1150. The molecule has 11 heteroatoms. The van der Waals surface area contributed by atoms with Gasteiger partial charge >= 0.3 is 13.8 Å². The van der Waals surface area contributed by atoms with Crippen LogP contribution in [0.25, 0.3) is 0 Å². The minimum absolute atomic E-state index is 0. The van der Waals surface area contributed by atoms with Crippen LogP contribution in [0.15, 0.2) is 60.7 Å². The van der Waals surface area contributed by atoms with Crippen LogP contribution in [0.4, 0.5) is 0 Å². The molecule has 3 aromatic carbocycles. The Morgan fingerprint density at radius 2 is 1.21 bits per heavy atom. The van der Waals surface area contributed by atoms with E-state index in [1.807, 2.05) is 24.3 Å². The first kappa shape index (κ1) is 29.9. The number of cyclic esters (lactones) is 1. The van der Waals surface area contributed by atoms with Gasteiger partial charge in [0.1, 0.15) is 11.5 Å². The number of rotatable bonds is 2. The molecule has 4 rings (SSSR count). The van der Waals surface area contributed by atoms with E-state index in [4.69, 9.17) is 24.0 Å². The zero-order chi connectivity index (χ0) is 23.0. The maximum atomic E-state index is 12.6. The van der Waals surface area contributed by atoms with Gasteiger partial charge in [-0.3, -0.25) is 0 Å². The van der Waals surface area contributed by atoms with Crippen molar-refractivity contribution >= 4 is 72.9 Å². The van der Waals surface area contributed by atoms with E-state index in [2.05, 4.69) is 0 Å². The van der Waals surface area contributed by atoms with Crippen molar-refractivity contribution in [1.29, 1.82) is 0 Å². The molecule has 1 aliphatic rings. The summed E-state index contributed by atoms with van der Waals surface area (Å²) < 4.78 is 14.8. The summed E-state index contributed by atoms with van der Waals surface area (Å²) in [7, 11) is -4.64. The average Bonchev–Trinajstić information content (AvgIpc) is 2.99. The topological polar surface area (TPSA) is 145 Å². The van der Waals surface area contributed by atoms with Crippen molar-refractivity contribution in [1.82, 2.24) is 0 Å². The Balaban J connectivity index is 0.000000707. The van der Waals surface area contributed by atoms with Gasteiger partial charge in [-0.1, -0.05) is 42.5 Å². The van der Waals surface area contributed by atoms with Gasteiger partial charge in [0.25, 0.3) is 0 Å². The summed E-state index contributed by atoms with van der Waals surface area (Å²) in [5.41, 5.74) is 2.67. The van der Waals surface area contributed by atoms with Gasteiger partial charge in [0.15, 0.2) is 5.60 Å². The third-order valence-corrected chi connectivity index (χ3v) is 5.00. The number of hydrogen-bond acceptors (Lipinski definition) is 5. The smallest absolute Gasteiger partial charge is 0.466 e. The van der Waals surface area contributed by atoms with Crippen molar-refractivity contribution in [3.05, 3.63) is 94.0 Å². The van der Waals surface area contributed by atoms with Crippen LogP contribution >= 0.6 is 7.82 Å². The Hall–Kier alpha value is -1.16. The number of phenolic OH excluding ortho intramolecular Hbond substituents is 2. The van der Waals surface area contributed by atoms with E-state index >= 15 is 0 Å². The SMILES string of the molecule is Cc1ccc(C2(c3ccc(C)c(O)c3)OC(=O)c3ccccc32)cc1O.O=P(O)(O)O.[Na].[Na]. The van der Waals surface area contributed by atoms with Gasteiger partial charge in [0, 0.05) is 75.8 Å². The predicted octanol–water partition coefficient (Wildman–Crippen LogP) is 2.49. The second kappa shape index (κ2) is 11.5. The maximum Gasteiger partial charge on any atom is 0.466 e. The minimum atomic E-state index is -4.64. The normalized spacial score (nSPS) is 13.4. The number of phenols is 2. The Labute approximate surface area is 235 Å². The summed E-state index contributed by atoms with van der Waals surface area (Å²) in [5, 5.41) is 20.5. The van der Waals surface area contributed by atoms with E-state index < -0.39 is 19.4 Å². The van der Waals surface area contributed by atoms with Gasteiger partial charge in [-0.15, -0.1) is 0 Å². The summed E-state index contributed by atoms with van der Waals surface area (Å²) in [6, 6.07) is 17.7. The molecular formula is C22H21Na2O8P. The molecule has 0 saturated carbocycles. The minimum Gasteiger partial charge on any atom is -0.508 e. The van der Waals surface area contributed by atoms with Crippen LogP contribution in [0.1, 0.15) is 38.2 Å². The number of esters is 1. The molecule has 0 fully saturated rings. The molecule has 33 heavy (non-hydrogen) atoms. The van der Waals surface area contributed by atoms with Crippen LogP contribution < -0.4 is 0 Å². The number of fused-ring (bicyclic) bond motifs is 1. The second-order valence-electron chi connectivity index (χ2n) is 7.13. The van der Waals surface area contributed by atoms with E-state index in [1.165, 1.54) is 0 Å². The third kappa shape index (κ3) is 6.50. The zero-order valence-corrected chi connectivity index (χ0v) is 23.6. The largest absolute Gasteiger partial charge is 0.508 e. The molecule has 0 atom stereocenters. The van der Waals surface area contributed by atoms with Crippen LogP contribution in [0.2, 0.25) is 0 Å². The molecule has 0 amide bonds. The van der Waals surface area contributed by atoms with Crippen molar-refractivity contribution < 1.29 is 39.0 Å². The first-order valence-corrected chi connectivity index (χ1v) is 10.7. The first-order chi connectivity index (χ1) is 14.4. The van der Waals surface area contributed by atoms with Crippen molar-refractivity contribution in [2.24, 2.45) is 0 Å². The molecular weight excluding hydrogens is 469 g/mol. The number of aryl methyl sites for hydroxylation is 2. The maximum absolute atomic E-state index is 12.6. The summed E-state index contributed by atoms with van der Waals surface area (Å²) >= 11 is 0. The molecule has 164 valence electrons. The molecule has 0 bridgehead atoms. The summed E-state index contributed by atoms with van der Waals surface area (Å²) in [6.07, 6.45) is 0. The summed E-state index contributed by atoms with van der Waals surface area (Å²) in [6.45, 7) is 3.61. The molecule has 1 aliphatic heterocycles. The molecule has 0 spiro atoms. The van der Waals surface area contributed by atoms with E-state index in [1.54, 1.807) is 50.2 Å². The van der Waals surface area contributed by atoms with E-state index in [0.29, 0.717) is 22.3 Å². The van der Waals surface area contributed by atoms with E-state index in [9.17, 15) is 15.0 Å². The molecule has 0 saturated heterocycles. The van der Waals surface area contributed by atoms with Crippen LogP contribution in [0.5, 0.6) is 11.5 Å². The molecule has 0 unspecified atom stereocenters. The zero-order valence-electron chi connectivity index (χ0n) is 18.7. The van der Waals surface area contributed by atoms with Gasteiger partial charge in [0.05, 0.1) is 5.56 Å². The van der Waals surface area contributed by atoms with Crippen LogP contribution in [0.3, 0.4) is 0 Å². The molecule has 5 N–H and O–H groups in total. The fourth-order valence-electron chi connectivity index (χ4n) is 3.47. The van der Waals surface area contributed by atoms with Gasteiger partial charge in [-0.2, -0.15) is 0 Å². The summed E-state index contributed by atoms with van der Waals surface area (Å²) in [4.78, 5) is 34.1. The van der Waals surface area contributed by atoms with Crippen molar-refractivity contribution in [3.8, 4) is 11.5 Å². The predicted molar refractivity (Wildman–Crippen MR) is 123 cm³/mol. The average molecular weight is 490 g/mol. The van der Waals surface area contributed by atoms with E-state index in [-0.39, 0.29) is 70.6 Å². The Morgan fingerprint density at radius 1 is 0.788 bits per heavy atom. The fourth-order valence-corrected chi connectivity index (χ4v) is 3.47. The number of aromatic hydroxyl groups is 2. The van der Waals surface area contributed by atoms with Gasteiger partial charge in [-0.05, 0) is 43.2 Å². The Morgan fingerprint density at radius 3 is 1.64 bits per heavy atom. The number of carbonyl (C=O) groups is 1. The van der Waals surface area contributed by atoms with Crippen molar-refractivity contribution in [2.45, 2.75) is 19.4 Å². The molecule has 8 nitrogen and oxygen atoms in total. The second-order valence-corrected chi connectivity index (χ2v) is 8.16. The number of phosphoric acid groups is 1. The number of carbonyl (C=O) groups excluding carboxylic acids is 1. The van der Waals surface area contributed by atoms with Crippen molar-refractivity contribution in [3.63, 3.8) is 0 Å². The molecule has 2 radical (unpaired) electrons. The van der Waals surface area contributed by atoms with Gasteiger partial charge in [-0.25, -0.2) is 9.36 Å². The van der Waals surface area contributed by atoms with E-state index in [0.717, 1.165) is 11.1 Å². The standard InChI is InChI=1S/C22H18O4.2Na.H3O4P/c1-13-7-9-15(11-19(13)23)22(16-10-8-14(2)20(24)12-16)18-6-4-3-5-17(18)21(25)26-22;;;1-5(2,3)4/h3-12,23-24H,1-2H3;;;(H3,1,2,3,4). The van der Waals surface area contributed by atoms with Gasteiger partial charge < -0.3 is 29.6 Å². The fraction of sp³-hybridized carbons (Fsp3) is 0.136. The van der Waals surface area contributed by atoms with Crippen LogP contribution in [-0.2, 0) is 14.9 Å². The monoisotopic (exact) mass is 490 g/mol. The quantitative estimate of drug-likeness (QED) is 0.209. The van der Waals surface area contributed by atoms with Crippen LogP contribution in [-0.4, -0.2) is 90.0 Å².